The van der Waals surface area contributed by atoms with E-state index < -0.39 is 0 Å². The van der Waals surface area contributed by atoms with Crippen LogP contribution in [0.2, 0.25) is 0 Å². The minimum absolute atomic E-state index is 0.696. The number of benzene rings is 1. The van der Waals surface area contributed by atoms with Gasteiger partial charge in [-0.1, -0.05) is 36.4 Å². The molecule has 0 amide bonds. The molecule has 0 heterocycles. The molecule has 0 spiro atoms. The molecule has 1 heteroatoms. The fraction of sp³-hybridized carbons (Fsp3) is 0.188. The Labute approximate surface area is 103 Å². The molecule has 0 bridgehead atoms. The molecule has 1 aromatic carbocycles. The maximum atomic E-state index is 8.94. The van der Waals surface area contributed by atoms with Gasteiger partial charge in [0.1, 0.15) is 0 Å². The minimum Gasteiger partial charge on any atom is -0.192 e. The summed E-state index contributed by atoms with van der Waals surface area (Å²) in [6.45, 7) is 6.04. The summed E-state index contributed by atoms with van der Waals surface area (Å²) < 4.78 is 0. The second kappa shape index (κ2) is 6.50. The van der Waals surface area contributed by atoms with Crippen LogP contribution in [0.4, 0.5) is 0 Å². The first-order chi connectivity index (χ1) is 8.22. The van der Waals surface area contributed by atoms with Gasteiger partial charge >= 0.3 is 0 Å². The lowest BCUT2D eigenvalue weighted by atomic mass is 9.97. The summed E-state index contributed by atoms with van der Waals surface area (Å²) >= 11 is 0. The summed E-state index contributed by atoms with van der Waals surface area (Å²) in [6.07, 6.45) is 10.1. The van der Waals surface area contributed by atoms with Crippen molar-refractivity contribution in [1.29, 1.82) is 5.26 Å². The molecule has 1 aromatic rings. The quantitative estimate of drug-likeness (QED) is 0.697. The smallest absolute Gasteiger partial charge is 0.0991 e. The SMILES string of the molecule is C\C=C/C=C(\C=C/C)c1cc(C#N)ccc1C. The predicted octanol–water partition coefficient (Wildman–Crippen LogP) is 4.40. The van der Waals surface area contributed by atoms with Gasteiger partial charge in [0.25, 0.3) is 0 Å². The molecule has 0 N–H and O–H groups in total. The Bertz CT molecular complexity index is 511. The molecule has 0 saturated carbocycles. The zero-order valence-corrected chi connectivity index (χ0v) is 10.6. The van der Waals surface area contributed by atoms with E-state index in [-0.39, 0.29) is 0 Å². The molecular weight excluding hydrogens is 206 g/mol. The zero-order chi connectivity index (χ0) is 12.7. The lowest BCUT2D eigenvalue weighted by molar-refractivity contribution is 1.39. The number of nitriles is 1. The van der Waals surface area contributed by atoms with Crippen LogP contribution in [0, 0.1) is 18.3 Å². The van der Waals surface area contributed by atoms with Crippen molar-refractivity contribution in [3.8, 4) is 6.07 Å². The van der Waals surface area contributed by atoms with E-state index in [0.717, 1.165) is 11.1 Å². The fourth-order valence-corrected chi connectivity index (χ4v) is 1.62. The number of allylic oxidation sites excluding steroid dienone is 6. The Hall–Kier alpha value is -2.07. The van der Waals surface area contributed by atoms with Crippen molar-refractivity contribution in [3.63, 3.8) is 0 Å². The van der Waals surface area contributed by atoms with Crippen LogP contribution in [0.15, 0.2) is 48.6 Å². The number of hydrogen-bond donors (Lipinski definition) is 0. The Morgan fingerprint density at radius 2 is 2.00 bits per heavy atom. The van der Waals surface area contributed by atoms with Gasteiger partial charge < -0.3 is 0 Å². The molecule has 0 aliphatic heterocycles. The summed E-state index contributed by atoms with van der Waals surface area (Å²) in [5, 5.41) is 8.94. The average Bonchev–Trinajstić information content (AvgIpc) is 2.35. The van der Waals surface area contributed by atoms with Crippen LogP contribution in [0.25, 0.3) is 5.57 Å². The standard InChI is InChI=1S/C16H17N/c1-4-6-8-15(7-5-2)16-11-14(12-17)10-9-13(16)3/h4-11H,1-3H3/b6-4-,7-5-,15-8+. The largest absolute Gasteiger partial charge is 0.192 e. The highest BCUT2D eigenvalue weighted by Crippen LogP contribution is 2.21. The third kappa shape index (κ3) is 3.46. The van der Waals surface area contributed by atoms with E-state index in [4.69, 9.17) is 5.26 Å². The molecule has 17 heavy (non-hydrogen) atoms. The minimum atomic E-state index is 0.696. The third-order valence-corrected chi connectivity index (χ3v) is 2.49. The van der Waals surface area contributed by atoms with E-state index in [0.29, 0.717) is 5.56 Å². The summed E-state index contributed by atoms with van der Waals surface area (Å²) in [5.74, 6) is 0. The molecule has 1 nitrogen and oxygen atoms in total. The zero-order valence-electron chi connectivity index (χ0n) is 10.6. The highest BCUT2D eigenvalue weighted by molar-refractivity contribution is 5.77. The van der Waals surface area contributed by atoms with Crippen molar-refractivity contribution in [2.24, 2.45) is 0 Å². The first-order valence-corrected chi connectivity index (χ1v) is 5.69. The molecule has 0 atom stereocenters. The van der Waals surface area contributed by atoms with Gasteiger partial charge in [-0.2, -0.15) is 5.26 Å². The molecule has 1 rings (SSSR count). The molecular formula is C16H17N. The maximum absolute atomic E-state index is 8.94. The van der Waals surface area contributed by atoms with Gasteiger partial charge in [-0.25, -0.2) is 0 Å². The van der Waals surface area contributed by atoms with Crippen molar-refractivity contribution in [1.82, 2.24) is 0 Å². The highest BCUT2D eigenvalue weighted by Gasteiger charge is 2.03. The summed E-state index contributed by atoms with van der Waals surface area (Å²) in [4.78, 5) is 0. The highest BCUT2D eigenvalue weighted by atomic mass is 14.2. The summed E-state index contributed by atoms with van der Waals surface area (Å²) in [6, 6.07) is 7.95. The monoisotopic (exact) mass is 223 g/mol. The predicted molar refractivity (Wildman–Crippen MR) is 73.5 cm³/mol. The maximum Gasteiger partial charge on any atom is 0.0991 e. The lowest BCUT2D eigenvalue weighted by Gasteiger charge is -2.07. The lowest BCUT2D eigenvalue weighted by Crippen LogP contribution is -1.88. The van der Waals surface area contributed by atoms with Crippen LogP contribution in [-0.4, -0.2) is 0 Å². The van der Waals surface area contributed by atoms with Crippen molar-refractivity contribution < 1.29 is 0 Å². The first kappa shape index (κ1) is 13.0. The molecule has 0 radical (unpaired) electrons. The van der Waals surface area contributed by atoms with E-state index in [1.165, 1.54) is 5.56 Å². The average molecular weight is 223 g/mol. The molecule has 0 aliphatic rings. The van der Waals surface area contributed by atoms with Crippen molar-refractivity contribution in [3.05, 3.63) is 65.3 Å². The molecule has 0 fully saturated rings. The van der Waals surface area contributed by atoms with Crippen LogP contribution in [0.5, 0.6) is 0 Å². The Balaban J connectivity index is 3.32. The molecule has 0 aliphatic carbocycles. The third-order valence-electron chi connectivity index (χ3n) is 2.49. The van der Waals surface area contributed by atoms with Gasteiger partial charge in [-0.15, -0.1) is 0 Å². The van der Waals surface area contributed by atoms with E-state index in [2.05, 4.69) is 25.1 Å². The van der Waals surface area contributed by atoms with Crippen molar-refractivity contribution in [2.75, 3.05) is 0 Å². The van der Waals surface area contributed by atoms with E-state index in [9.17, 15) is 0 Å². The molecule has 0 saturated heterocycles. The number of nitrogens with zero attached hydrogens (tertiary/aromatic N) is 1. The van der Waals surface area contributed by atoms with Gasteiger partial charge in [-0.3, -0.25) is 0 Å². The normalized spacial score (nSPS) is 12.2. The van der Waals surface area contributed by atoms with Crippen LogP contribution in [0.3, 0.4) is 0 Å². The van der Waals surface area contributed by atoms with Gasteiger partial charge in [-0.05, 0) is 49.6 Å². The second-order valence-electron chi connectivity index (χ2n) is 3.79. The Morgan fingerprint density at radius 1 is 1.24 bits per heavy atom. The number of rotatable bonds is 3. The van der Waals surface area contributed by atoms with Gasteiger partial charge in [0, 0.05) is 0 Å². The fourth-order valence-electron chi connectivity index (χ4n) is 1.62. The first-order valence-electron chi connectivity index (χ1n) is 5.69. The Kier molecular flexibility index (Phi) is 4.97. The van der Waals surface area contributed by atoms with Crippen molar-refractivity contribution in [2.45, 2.75) is 20.8 Å². The molecule has 86 valence electrons. The van der Waals surface area contributed by atoms with Crippen LogP contribution in [0.1, 0.15) is 30.5 Å². The number of hydrogen-bond acceptors (Lipinski definition) is 1. The summed E-state index contributed by atoms with van der Waals surface area (Å²) in [5.41, 5.74) is 4.11. The second-order valence-corrected chi connectivity index (χ2v) is 3.79. The van der Waals surface area contributed by atoms with E-state index in [1.807, 2.05) is 50.3 Å². The molecule has 0 aromatic heterocycles. The number of aryl methyl sites for hydroxylation is 1. The van der Waals surface area contributed by atoms with Crippen LogP contribution in [-0.2, 0) is 0 Å². The summed E-state index contributed by atoms with van der Waals surface area (Å²) in [7, 11) is 0. The van der Waals surface area contributed by atoms with Crippen LogP contribution < -0.4 is 0 Å². The van der Waals surface area contributed by atoms with Gasteiger partial charge in [0.15, 0.2) is 0 Å². The van der Waals surface area contributed by atoms with Gasteiger partial charge in [0.2, 0.25) is 0 Å². The van der Waals surface area contributed by atoms with E-state index in [1.54, 1.807) is 0 Å². The van der Waals surface area contributed by atoms with E-state index >= 15 is 0 Å². The van der Waals surface area contributed by atoms with Crippen LogP contribution >= 0.6 is 0 Å². The Morgan fingerprint density at radius 3 is 2.59 bits per heavy atom. The molecule has 0 unspecified atom stereocenters. The van der Waals surface area contributed by atoms with Gasteiger partial charge in [0.05, 0.1) is 11.6 Å². The topological polar surface area (TPSA) is 23.8 Å². The van der Waals surface area contributed by atoms with Crippen molar-refractivity contribution >= 4 is 5.57 Å².